The third-order valence-electron chi connectivity index (χ3n) is 6.21. The van der Waals surface area contributed by atoms with Crippen LogP contribution >= 0.6 is 11.8 Å². The number of nitrogens with zero attached hydrogens (tertiary/aromatic N) is 2. The number of carboxylic acids is 1. The van der Waals surface area contributed by atoms with Crippen LogP contribution in [-0.4, -0.2) is 57.6 Å². The minimum atomic E-state index is -1.07. The smallest absolute Gasteiger partial charge is 0.338 e. The molecule has 0 radical (unpaired) electrons. The average molecular weight is 576 g/mol. The van der Waals surface area contributed by atoms with E-state index in [1.165, 1.54) is 29.2 Å². The van der Waals surface area contributed by atoms with Crippen LogP contribution in [0.5, 0.6) is 11.5 Å². The Labute approximate surface area is 239 Å². The number of rotatable bonds is 8. The molecule has 0 spiro atoms. The Hall–Kier alpha value is -4.84. The number of hydrogen-bond acceptors (Lipinski definition) is 9. The number of anilines is 1. The fraction of sp³-hybridized carbons (Fsp3) is 0.207. The number of aliphatic imine (C=N–C) groups is 1. The van der Waals surface area contributed by atoms with E-state index >= 15 is 0 Å². The van der Waals surface area contributed by atoms with E-state index in [1.54, 1.807) is 43.3 Å². The molecule has 2 heterocycles. The van der Waals surface area contributed by atoms with Crippen molar-refractivity contribution in [3.63, 3.8) is 0 Å². The number of ether oxygens (including phenoxy) is 3. The summed E-state index contributed by atoms with van der Waals surface area (Å²) in [6, 6.07) is 17.6. The minimum Gasteiger partial charge on any atom is -0.478 e. The van der Waals surface area contributed by atoms with Crippen LogP contribution in [0, 0.1) is 0 Å². The highest BCUT2D eigenvalue weighted by atomic mass is 32.2. The lowest BCUT2D eigenvalue weighted by Gasteiger charge is -2.32. The molecule has 11 nitrogen and oxygen atoms in total. The Morgan fingerprint density at radius 2 is 1.73 bits per heavy atom. The molecular weight excluding hydrogens is 550 g/mol. The SMILES string of the molecule is CCOC(=O)c1ccc(N=C2S[C@@H](C(=O)Nc3ccc(C(=O)O)cc3)CC(=O)N2Cc2ccc3c(c2)OCO3)cc1. The van der Waals surface area contributed by atoms with E-state index < -0.39 is 23.1 Å². The van der Waals surface area contributed by atoms with Crippen LogP contribution in [0.1, 0.15) is 39.6 Å². The molecule has 0 unspecified atom stereocenters. The van der Waals surface area contributed by atoms with Crippen LogP contribution in [0.3, 0.4) is 0 Å². The summed E-state index contributed by atoms with van der Waals surface area (Å²) in [6.45, 7) is 2.29. The Morgan fingerprint density at radius 3 is 2.44 bits per heavy atom. The quantitative estimate of drug-likeness (QED) is 0.372. The zero-order valence-corrected chi connectivity index (χ0v) is 22.7. The predicted molar refractivity (Wildman–Crippen MR) is 151 cm³/mol. The second-order valence-electron chi connectivity index (χ2n) is 9.01. The number of hydrogen-bond donors (Lipinski definition) is 2. The molecule has 2 aliphatic heterocycles. The second kappa shape index (κ2) is 12.1. The van der Waals surface area contributed by atoms with Gasteiger partial charge in [-0.25, -0.2) is 14.6 Å². The Bertz CT molecular complexity index is 1520. The van der Waals surface area contributed by atoms with E-state index in [0.29, 0.717) is 33.6 Å². The highest BCUT2D eigenvalue weighted by Gasteiger charge is 2.36. The molecule has 3 aromatic carbocycles. The number of amidine groups is 1. The summed E-state index contributed by atoms with van der Waals surface area (Å²) in [4.78, 5) is 55.9. The van der Waals surface area contributed by atoms with Gasteiger partial charge in [-0.15, -0.1) is 0 Å². The van der Waals surface area contributed by atoms with Crippen molar-refractivity contribution in [2.24, 2.45) is 4.99 Å². The van der Waals surface area contributed by atoms with Gasteiger partial charge in [-0.2, -0.15) is 0 Å². The molecule has 2 aliphatic rings. The largest absolute Gasteiger partial charge is 0.478 e. The van der Waals surface area contributed by atoms with E-state index in [2.05, 4.69) is 10.3 Å². The molecule has 0 saturated carbocycles. The fourth-order valence-electron chi connectivity index (χ4n) is 4.13. The number of nitrogens with one attached hydrogen (secondary N) is 1. The van der Waals surface area contributed by atoms with Crippen molar-refractivity contribution in [2.45, 2.75) is 25.1 Å². The highest BCUT2D eigenvalue weighted by molar-refractivity contribution is 8.15. The summed E-state index contributed by atoms with van der Waals surface area (Å²) in [5.41, 5.74) is 2.13. The predicted octanol–water partition coefficient (Wildman–Crippen LogP) is 4.45. The number of esters is 1. The molecule has 1 saturated heterocycles. The standard InChI is InChI=1S/C29H25N3O8S/c1-2-38-28(37)19-6-10-21(11-7-19)31-29-32(15-17-3-12-22-23(13-17)40-16-39-22)25(33)14-24(41-29)26(34)30-20-8-4-18(5-9-20)27(35)36/h3-13,24H,2,14-16H2,1H3,(H,30,34)(H,35,36)/t24-/m1/s1. The molecule has 210 valence electrons. The highest BCUT2D eigenvalue weighted by Crippen LogP contribution is 2.35. The van der Waals surface area contributed by atoms with Gasteiger partial charge in [0.2, 0.25) is 18.6 Å². The Balaban J connectivity index is 1.39. The lowest BCUT2D eigenvalue weighted by atomic mass is 10.1. The third-order valence-corrected chi connectivity index (χ3v) is 7.40. The maximum Gasteiger partial charge on any atom is 0.338 e. The lowest BCUT2D eigenvalue weighted by molar-refractivity contribution is -0.129. The molecular formula is C29H25N3O8S. The summed E-state index contributed by atoms with van der Waals surface area (Å²) >= 11 is 1.14. The van der Waals surface area contributed by atoms with Gasteiger partial charge in [0, 0.05) is 12.1 Å². The van der Waals surface area contributed by atoms with Crippen LogP contribution in [0.15, 0.2) is 71.7 Å². The second-order valence-corrected chi connectivity index (χ2v) is 10.2. The zero-order valence-electron chi connectivity index (χ0n) is 21.9. The van der Waals surface area contributed by atoms with E-state index in [1.807, 2.05) is 6.07 Å². The first kappa shape index (κ1) is 27.7. The number of carbonyl (C=O) groups is 4. The van der Waals surface area contributed by atoms with Crippen molar-refractivity contribution in [3.05, 3.63) is 83.4 Å². The Morgan fingerprint density at radius 1 is 1.02 bits per heavy atom. The number of benzene rings is 3. The monoisotopic (exact) mass is 575 g/mol. The van der Waals surface area contributed by atoms with Gasteiger partial charge < -0.3 is 24.6 Å². The van der Waals surface area contributed by atoms with E-state index in [-0.39, 0.29) is 37.8 Å². The van der Waals surface area contributed by atoms with E-state index in [4.69, 9.17) is 19.3 Å². The fourth-order valence-corrected chi connectivity index (χ4v) is 5.23. The number of carbonyl (C=O) groups excluding carboxylic acids is 3. The van der Waals surface area contributed by atoms with Gasteiger partial charge in [0.1, 0.15) is 5.25 Å². The molecule has 0 aromatic heterocycles. The van der Waals surface area contributed by atoms with Gasteiger partial charge >= 0.3 is 11.9 Å². The first-order valence-electron chi connectivity index (χ1n) is 12.7. The maximum atomic E-state index is 13.4. The number of thioether (sulfide) groups is 1. The lowest BCUT2D eigenvalue weighted by Crippen LogP contribution is -2.44. The molecule has 5 rings (SSSR count). The van der Waals surface area contributed by atoms with Gasteiger partial charge in [0.15, 0.2) is 16.7 Å². The third kappa shape index (κ3) is 6.49. The van der Waals surface area contributed by atoms with Gasteiger partial charge in [-0.1, -0.05) is 17.8 Å². The molecule has 12 heteroatoms. The van der Waals surface area contributed by atoms with Crippen LogP contribution < -0.4 is 14.8 Å². The summed E-state index contributed by atoms with van der Waals surface area (Å²) in [6.07, 6.45) is -0.0743. The maximum absolute atomic E-state index is 13.4. The van der Waals surface area contributed by atoms with Crippen molar-refractivity contribution in [3.8, 4) is 11.5 Å². The van der Waals surface area contributed by atoms with Crippen LogP contribution in [0.25, 0.3) is 0 Å². The average Bonchev–Trinajstić information content (AvgIpc) is 3.43. The van der Waals surface area contributed by atoms with Gasteiger partial charge in [0.25, 0.3) is 0 Å². The normalized spacial score (nSPS) is 16.9. The summed E-state index contributed by atoms with van der Waals surface area (Å²) in [7, 11) is 0. The summed E-state index contributed by atoms with van der Waals surface area (Å²) in [5, 5.41) is 11.4. The number of carboxylic acid groups (broad SMARTS) is 1. The van der Waals surface area contributed by atoms with Crippen molar-refractivity contribution >= 4 is 52.1 Å². The molecule has 3 aromatic rings. The first-order chi connectivity index (χ1) is 19.8. The van der Waals surface area contributed by atoms with E-state index in [9.17, 15) is 19.2 Å². The first-order valence-corrected chi connectivity index (χ1v) is 13.5. The molecule has 1 atom stereocenters. The van der Waals surface area contributed by atoms with Crippen LogP contribution in [0.4, 0.5) is 11.4 Å². The van der Waals surface area contributed by atoms with Gasteiger partial charge in [-0.05, 0) is 73.2 Å². The van der Waals surface area contributed by atoms with Crippen LogP contribution in [-0.2, 0) is 20.9 Å². The summed E-state index contributed by atoms with van der Waals surface area (Å²) in [5.74, 6) is -1.04. The van der Waals surface area contributed by atoms with Crippen molar-refractivity contribution in [1.82, 2.24) is 4.90 Å². The molecule has 41 heavy (non-hydrogen) atoms. The van der Waals surface area contributed by atoms with Crippen molar-refractivity contribution in [1.29, 1.82) is 0 Å². The minimum absolute atomic E-state index is 0.0743. The summed E-state index contributed by atoms with van der Waals surface area (Å²) < 4.78 is 15.9. The zero-order chi connectivity index (χ0) is 28.9. The number of fused-ring (bicyclic) bond motifs is 1. The van der Waals surface area contributed by atoms with Gasteiger partial charge in [-0.3, -0.25) is 14.5 Å². The van der Waals surface area contributed by atoms with Crippen molar-refractivity contribution < 1.29 is 38.5 Å². The topological polar surface area (TPSA) is 144 Å². The van der Waals surface area contributed by atoms with E-state index in [0.717, 1.165) is 17.3 Å². The number of amides is 2. The van der Waals surface area contributed by atoms with Crippen LogP contribution in [0.2, 0.25) is 0 Å². The Kier molecular flexibility index (Phi) is 8.20. The number of aromatic carboxylic acids is 1. The molecule has 1 fully saturated rings. The molecule has 2 amide bonds. The molecule has 0 bridgehead atoms. The van der Waals surface area contributed by atoms with Crippen molar-refractivity contribution in [2.75, 3.05) is 18.7 Å². The van der Waals surface area contributed by atoms with Gasteiger partial charge in [0.05, 0.1) is 30.0 Å². The molecule has 2 N–H and O–H groups in total. The molecule has 0 aliphatic carbocycles.